The standard InChI is InChI=1S/C10H11BrN2O2S2/c1-13-5-2-3-8(13)7-12-17(14,15)10-9(11)4-6-16-10/h2-6,12H,7H2,1H3. The summed E-state index contributed by atoms with van der Waals surface area (Å²) < 4.78 is 29.3. The van der Waals surface area contributed by atoms with Crippen LogP contribution in [0.3, 0.4) is 0 Å². The topological polar surface area (TPSA) is 51.1 Å². The van der Waals surface area contributed by atoms with Crippen LogP contribution in [-0.4, -0.2) is 13.0 Å². The van der Waals surface area contributed by atoms with Gasteiger partial charge in [0.2, 0.25) is 0 Å². The van der Waals surface area contributed by atoms with E-state index < -0.39 is 10.0 Å². The Morgan fingerprint density at radius 2 is 2.24 bits per heavy atom. The van der Waals surface area contributed by atoms with E-state index in [2.05, 4.69) is 20.7 Å². The highest BCUT2D eigenvalue weighted by Crippen LogP contribution is 2.27. The molecule has 0 saturated carbocycles. The molecule has 0 amide bonds. The molecule has 0 aromatic carbocycles. The fraction of sp³-hybridized carbons (Fsp3) is 0.200. The van der Waals surface area contributed by atoms with E-state index >= 15 is 0 Å². The smallest absolute Gasteiger partial charge is 0.251 e. The Hall–Kier alpha value is -0.630. The molecule has 0 aliphatic heterocycles. The van der Waals surface area contributed by atoms with E-state index in [-0.39, 0.29) is 6.54 Å². The Morgan fingerprint density at radius 3 is 2.76 bits per heavy atom. The summed E-state index contributed by atoms with van der Waals surface area (Å²) in [6.07, 6.45) is 1.88. The van der Waals surface area contributed by atoms with Crippen LogP contribution in [0.1, 0.15) is 5.69 Å². The van der Waals surface area contributed by atoms with Crippen LogP contribution >= 0.6 is 27.3 Å². The third kappa shape index (κ3) is 2.79. The van der Waals surface area contributed by atoms with E-state index in [4.69, 9.17) is 0 Å². The first-order chi connectivity index (χ1) is 8.00. The number of thiophene rings is 1. The largest absolute Gasteiger partial charge is 0.353 e. The molecule has 4 nitrogen and oxygen atoms in total. The summed E-state index contributed by atoms with van der Waals surface area (Å²) in [5.74, 6) is 0. The van der Waals surface area contributed by atoms with Gasteiger partial charge in [0.05, 0.1) is 6.54 Å². The maximum atomic E-state index is 12.0. The highest BCUT2D eigenvalue weighted by molar-refractivity contribution is 9.10. The maximum absolute atomic E-state index is 12.0. The van der Waals surface area contributed by atoms with Gasteiger partial charge in [-0.15, -0.1) is 11.3 Å². The molecule has 7 heteroatoms. The molecule has 17 heavy (non-hydrogen) atoms. The van der Waals surface area contributed by atoms with E-state index in [1.54, 1.807) is 11.4 Å². The van der Waals surface area contributed by atoms with E-state index in [9.17, 15) is 8.42 Å². The average molecular weight is 335 g/mol. The molecule has 0 bridgehead atoms. The van der Waals surface area contributed by atoms with Gasteiger partial charge in [-0.05, 0) is 39.5 Å². The molecule has 2 heterocycles. The zero-order chi connectivity index (χ0) is 12.5. The minimum atomic E-state index is -3.43. The first-order valence-corrected chi connectivity index (χ1v) is 7.99. The molecule has 0 radical (unpaired) electrons. The summed E-state index contributed by atoms with van der Waals surface area (Å²) in [6, 6.07) is 5.48. The van der Waals surface area contributed by atoms with Gasteiger partial charge >= 0.3 is 0 Å². The summed E-state index contributed by atoms with van der Waals surface area (Å²) >= 11 is 4.42. The Kier molecular flexibility index (Phi) is 3.72. The fourth-order valence-corrected chi connectivity index (χ4v) is 4.77. The lowest BCUT2D eigenvalue weighted by Gasteiger charge is -2.06. The number of aromatic nitrogens is 1. The zero-order valence-electron chi connectivity index (χ0n) is 9.05. The fourth-order valence-electron chi connectivity index (χ4n) is 1.39. The van der Waals surface area contributed by atoms with Crippen molar-refractivity contribution in [2.24, 2.45) is 7.05 Å². The summed E-state index contributed by atoms with van der Waals surface area (Å²) in [6.45, 7) is 0.288. The number of rotatable bonds is 4. The molecule has 2 aromatic rings. The second-order valence-corrected chi connectivity index (χ2v) is 7.22. The van der Waals surface area contributed by atoms with Crippen LogP contribution in [0.4, 0.5) is 0 Å². The number of hydrogen-bond acceptors (Lipinski definition) is 3. The lowest BCUT2D eigenvalue weighted by Crippen LogP contribution is -2.23. The van der Waals surface area contributed by atoms with E-state index in [1.807, 2.05) is 29.9 Å². The predicted octanol–water partition coefficient (Wildman–Crippen LogP) is 2.33. The van der Waals surface area contributed by atoms with Crippen LogP contribution in [-0.2, 0) is 23.6 Å². The lowest BCUT2D eigenvalue weighted by atomic mass is 10.4. The van der Waals surface area contributed by atoms with E-state index in [0.717, 1.165) is 5.69 Å². The number of hydrogen-bond donors (Lipinski definition) is 1. The molecule has 0 fully saturated rings. The first kappa shape index (κ1) is 12.8. The van der Waals surface area contributed by atoms with Gasteiger partial charge in [0, 0.05) is 23.4 Å². The molecular formula is C10H11BrN2O2S2. The van der Waals surface area contributed by atoms with Crippen molar-refractivity contribution >= 4 is 37.3 Å². The number of halogens is 1. The number of sulfonamides is 1. The van der Waals surface area contributed by atoms with Crippen molar-refractivity contribution in [2.75, 3.05) is 0 Å². The van der Waals surface area contributed by atoms with Crippen molar-refractivity contribution < 1.29 is 8.42 Å². The molecular weight excluding hydrogens is 324 g/mol. The van der Waals surface area contributed by atoms with Crippen LogP contribution in [0.5, 0.6) is 0 Å². The van der Waals surface area contributed by atoms with E-state index in [1.165, 1.54) is 11.3 Å². The maximum Gasteiger partial charge on any atom is 0.251 e. The molecule has 0 atom stereocenters. The first-order valence-electron chi connectivity index (χ1n) is 4.83. The summed E-state index contributed by atoms with van der Waals surface area (Å²) in [4.78, 5) is 0. The number of aryl methyl sites for hydroxylation is 1. The molecule has 0 aliphatic carbocycles. The summed E-state index contributed by atoms with van der Waals surface area (Å²) in [5.41, 5.74) is 0.918. The number of nitrogens with one attached hydrogen (secondary N) is 1. The van der Waals surface area contributed by atoms with Crippen LogP contribution in [0.25, 0.3) is 0 Å². The van der Waals surface area contributed by atoms with E-state index in [0.29, 0.717) is 8.68 Å². The van der Waals surface area contributed by atoms with Crippen LogP contribution in [0.2, 0.25) is 0 Å². The second kappa shape index (κ2) is 4.93. The van der Waals surface area contributed by atoms with Crippen LogP contribution in [0, 0.1) is 0 Å². The molecule has 0 aliphatic rings. The van der Waals surface area contributed by atoms with Crippen LogP contribution < -0.4 is 4.72 Å². The van der Waals surface area contributed by atoms with Crippen molar-refractivity contribution in [2.45, 2.75) is 10.8 Å². The summed E-state index contributed by atoms with van der Waals surface area (Å²) in [5, 5.41) is 1.74. The third-order valence-electron chi connectivity index (χ3n) is 2.32. The predicted molar refractivity (Wildman–Crippen MR) is 71.5 cm³/mol. The summed E-state index contributed by atoms with van der Waals surface area (Å²) in [7, 11) is -1.55. The van der Waals surface area contributed by atoms with Crippen molar-refractivity contribution in [1.82, 2.24) is 9.29 Å². The second-order valence-electron chi connectivity index (χ2n) is 3.49. The SMILES string of the molecule is Cn1cccc1CNS(=O)(=O)c1sccc1Br. The lowest BCUT2D eigenvalue weighted by molar-refractivity contribution is 0.581. The minimum Gasteiger partial charge on any atom is -0.353 e. The van der Waals surface area contributed by atoms with Gasteiger partial charge in [0.15, 0.2) is 0 Å². The molecule has 1 N–H and O–H groups in total. The van der Waals surface area contributed by atoms with Crippen molar-refractivity contribution in [3.63, 3.8) is 0 Å². The number of nitrogens with zero attached hydrogens (tertiary/aromatic N) is 1. The molecule has 92 valence electrons. The molecule has 0 spiro atoms. The highest BCUT2D eigenvalue weighted by atomic mass is 79.9. The monoisotopic (exact) mass is 334 g/mol. The van der Waals surface area contributed by atoms with Gasteiger partial charge in [0.25, 0.3) is 10.0 Å². The van der Waals surface area contributed by atoms with Gasteiger partial charge in [-0.25, -0.2) is 13.1 Å². The van der Waals surface area contributed by atoms with Crippen molar-refractivity contribution in [3.05, 3.63) is 39.9 Å². The molecule has 2 aromatic heterocycles. The molecule has 2 rings (SSSR count). The molecule has 0 unspecified atom stereocenters. The van der Waals surface area contributed by atoms with Gasteiger partial charge in [-0.3, -0.25) is 0 Å². The van der Waals surface area contributed by atoms with Crippen molar-refractivity contribution in [1.29, 1.82) is 0 Å². The van der Waals surface area contributed by atoms with Crippen LogP contribution in [0.15, 0.2) is 38.5 Å². The Bertz CT molecular complexity index is 616. The Balaban J connectivity index is 2.15. The quantitative estimate of drug-likeness (QED) is 0.932. The van der Waals surface area contributed by atoms with Gasteiger partial charge in [-0.2, -0.15) is 0 Å². The Morgan fingerprint density at radius 1 is 1.47 bits per heavy atom. The van der Waals surface area contributed by atoms with Crippen molar-refractivity contribution in [3.8, 4) is 0 Å². The van der Waals surface area contributed by atoms with Gasteiger partial charge < -0.3 is 4.57 Å². The molecule has 0 saturated heterocycles. The Labute approximate surface area is 112 Å². The zero-order valence-corrected chi connectivity index (χ0v) is 12.3. The minimum absolute atomic E-state index is 0.288. The van der Waals surface area contributed by atoms with Gasteiger partial charge in [0.1, 0.15) is 4.21 Å². The highest BCUT2D eigenvalue weighted by Gasteiger charge is 2.18. The third-order valence-corrected chi connectivity index (χ3v) is 6.39. The average Bonchev–Trinajstić information content (AvgIpc) is 2.85. The van der Waals surface area contributed by atoms with Gasteiger partial charge in [-0.1, -0.05) is 0 Å². The normalized spacial score (nSPS) is 11.9.